The molecule has 3 heteroatoms. The summed E-state index contributed by atoms with van der Waals surface area (Å²) in [7, 11) is 0. The van der Waals surface area contributed by atoms with Gasteiger partial charge in [0.15, 0.2) is 0 Å². The molecule has 0 rings (SSSR count). The Morgan fingerprint density at radius 2 is 2.09 bits per heavy atom. The highest BCUT2D eigenvalue weighted by molar-refractivity contribution is 6.20. The minimum absolute atomic E-state index is 0.162. The van der Waals surface area contributed by atoms with Crippen molar-refractivity contribution in [3.63, 3.8) is 0 Å². The summed E-state index contributed by atoms with van der Waals surface area (Å²) in [4.78, 5) is 7.72. The Morgan fingerprint density at radius 3 is 2.55 bits per heavy atom. The van der Waals surface area contributed by atoms with Gasteiger partial charge in [-0.3, -0.25) is 0 Å². The van der Waals surface area contributed by atoms with Crippen LogP contribution in [0.3, 0.4) is 0 Å². The van der Waals surface area contributed by atoms with Crippen molar-refractivity contribution >= 4 is 17.6 Å². The third kappa shape index (κ3) is 7.57. The SMILES string of the molecule is CCN=C=NC(Cl)CC(C)C. The Balaban J connectivity index is 3.67. The topological polar surface area (TPSA) is 24.7 Å². The van der Waals surface area contributed by atoms with Gasteiger partial charge in [-0.05, 0) is 19.3 Å². The van der Waals surface area contributed by atoms with Crippen molar-refractivity contribution in [1.29, 1.82) is 0 Å². The second-order valence-corrected chi connectivity index (χ2v) is 3.27. The van der Waals surface area contributed by atoms with Gasteiger partial charge in [-0.25, -0.2) is 9.98 Å². The number of hydrogen-bond acceptors (Lipinski definition) is 2. The van der Waals surface area contributed by atoms with Gasteiger partial charge in [-0.15, -0.1) is 0 Å². The lowest BCUT2D eigenvalue weighted by Gasteiger charge is -2.03. The van der Waals surface area contributed by atoms with Gasteiger partial charge in [0.2, 0.25) is 0 Å². The number of hydrogen-bond donors (Lipinski definition) is 0. The van der Waals surface area contributed by atoms with Crippen LogP contribution in [0.25, 0.3) is 0 Å². The van der Waals surface area contributed by atoms with Gasteiger partial charge in [0.25, 0.3) is 0 Å². The lowest BCUT2D eigenvalue weighted by molar-refractivity contribution is 0.573. The minimum atomic E-state index is -0.162. The highest BCUT2D eigenvalue weighted by atomic mass is 35.5. The summed E-state index contributed by atoms with van der Waals surface area (Å²) in [5.74, 6) is 0.574. The normalized spacial score (nSPS) is 12.5. The molecule has 0 saturated carbocycles. The van der Waals surface area contributed by atoms with E-state index in [4.69, 9.17) is 11.6 Å². The van der Waals surface area contributed by atoms with Crippen LogP contribution in [0.4, 0.5) is 0 Å². The first-order chi connectivity index (χ1) is 5.16. The maximum Gasteiger partial charge on any atom is 0.134 e. The summed E-state index contributed by atoms with van der Waals surface area (Å²) in [5.41, 5.74) is -0.162. The molecule has 0 N–H and O–H groups in total. The van der Waals surface area contributed by atoms with E-state index in [1.165, 1.54) is 0 Å². The molecule has 0 fully saturated rings. The van der Waals surface area contributed by atoms with Crippen LogP contribution in [-0.2, 0) is 0 Å². The molecule has 0 spiro atoms. The number of aliphatic imine (C=N–C) groups is 2. The molecule has 0 heterocycles. The average Bonchev–Trinajstić information content (AvgIpc) is 1.86. The number of halogens is 1. The third-order valence-electron chi connectivity index (χ3n) is 1.09. The molecule has 2 nitrogen and oxygen atoms in total. The highest BCUT2D eigenvalue weighted by Crippen LogP contribution is 2.10. The van der Waals surface area contributed by atoms with Crippen LogP contribution in [0.2, 0.25) is 0 Å². The second-order valence-electron chi connectivity index (χ2n) is 2.77. The predicted molar refractivity (Wildman–Crippen MR) is 49.5 cm³/mol. The summed E-state index contributed by atoms with van der Waals surface area (Å²) in [6, 6.07) is 2.56. The molecule has 0 aliphatic carbocycles. The van der Waals surface area contributed by atoms with E-state index in [0.29, 0.717) is 5.92 Å². The van der Waals surface area contributed by atoms with E-state index in [1.54, 1.807) is 0 Å². The molecule has 1 unspecified atom stereocenters. The monoisotopic (exact) mass is 174 g/mol. The molecule has 64 valence electrons. The van der Waals surface area contributed by atoms with Crippen molar-refractivity contribution < 1.29 is 0 Å². The largest absolute Gasteiger partial charge is 0.226 e. The molecule has 0 aromatic rings. The molecule has 0 aromatic carbocycles. The first-order valence-electron chi connectivity index (χ1n) is 3.92. The zero-order valence-corrected chi connectivity index (χ0v) is 8.10. The van der Waals surface area contributed by atoms with Gasteiger partial charge in [-0.1, -0.05) is 25.4 Å². The standard InChI is InChI=1S/C8H15ClN2/c1-4-10-6-11-8(9)5-7(2)3/h7-8H,4-5H2,1-3H3. The average molecular weight is 175 g/mol. The third-order valence-corrected chi connectivity index (χ3v) is 1.37. The van der Waals surface area contributed by atoms with Crippen LogP contribution >= 0.6 is 11.6 Å². The first-order valence-corrected chi connectivity index (χ1v) is 4.35. The Labute approximate surface area is 73.4 Å². The quantitative estimate of drug-likeness (QED) is 0.356. The molecule has 0 aromatic heterocycles. The van der Waals surface area contributed by atoms with Gasteiger partial charge in [0, 0.05) is 6.54 Å². The zero-order chi connectivity index (χ0) is 8.69. The Hall–Kier alpha value is -0.330. The zero-order valence-electron chi connectivity index (χ0n) is 7.34. The van der Waals surface area contributed by atoms with Gasteiger partial charge in [0.1, 0.15) is 5.50 Å². The van der Waals surface area contributed by atoms with Crippen molar-refractivity contribution in [3.8, 4) is 0 Å². The van der Waals surface area contributed by atoms with Gasteiger partial charge >= 0.3 is 0 Å². The van der Waals surface area contributed by atoms with Crippen molar-refractivity contribution in [2.75, 3.05) is 6.54 Å². The summed E-state index contributed by atoms with van der Waals surface area (Å²) >= 11 is 5.82. The van der Waals surface area contributed by atoms with Crippen LogP contribution in [-0.4, -0.2) is 18.1 Å². The Morgan fingerprint density at radius 1 is 1.45 bits per heavy atom. The molecule has 0 radical (unpaired) electrons. The number of alkyl halides is 1. The van der Waals surface area contributed by atoms with Gasteiger partial charge in [0.05, 0.1) is 6.01 Å². The summed E-state index contributed by atoms with van der Waals surface area (Å²) in [5, 5.41) is 0. The van der Waals surface area contributed by atoms with Crippen LogP contribution in [0.5, 0.6) is 0 Å². The maximum absolute atomic E-state index is 5.82. The van der Waals surface area contributed by atoms with Gasteiger partial charge in [-0.2, -0.15) is 0 Å². The van der Waals surface area contributed by atoms with Crippen LogP contribution < -0.4 is 0 Å². The second kappa shape index (κ2) is 6.38. The Bertz CT molecular complexity index is 148. The van der Waals surface area contributed by atoms with Gasteiger partial charge < -0.3 is 0 Å². The summed E-state index contributed by atoms with van der Waals surface area (Å²) < 4.78 is 0. The maximum atomic E-state index is 5.82. The molecule has 0 bridgehead atoms. The van der Waals surface area contributed by atoms with E-state index in [2.05, 4.69) is 29.8 Å². The minimum Gasteiger partial charge on any atom is -0.226 e. The molecule has 0 saturated heterocycles. The highest BCUT2D eigenvalue weighted by Gasteiger charge is 2.02. The molecule has 0 aliphatic heterocycles. The lowest BCUT2D eigenvalue weighted by Crippen LogP contribution is -1.98. The molecule has 1 atom stereocenters. The van der Waals surface area contributed by atoms with Crippen LogP contribution in [0.15, 0.2) is 9.98 Å². The van der Waals surface area contributed by atoms with Crippen LogP contribution in [0.1, 0.15) is 27.2 Å². The fourth-order valence-corrected chi connectivity index (χ4v) is 1.02. The van der Waals surface area contributed by atoms with Crippen molar-refractivity contribution in [1.82, 2.24) is 0 Å². The van der Waals surface area contributed by atoms with E-state index >= 15 is 0 Å². The van der Waals surface area contributed by atoms with Crippen molar-refractivity contribution in [3.05, 3.63) is 0 Å². The lowest BCUT2D eigenvalue weighted by atomic mass is 10.1. The molecular formula is C8H15ClN2. The smallest absolute Gasteiger partial charge is 0.134 e. The molecule has 0 aliphatic rings. The number of nitrogens with zero attached hydrogens (tertiary/aromatic N) is 2. The fourth-order valence-electron chi connectivity index (χ4n) is 0.616. The van der Waals surface area contributed by atoms with E-state index < -0.39 is 0 Å². The van der Waals surface area contributed by atoms with E-state index in [0.717, 1.165) is 13.0 Å². The molecule has 0 amide bonds. The van der Waals surface area contributed by atoms with Crippen LogP contribution in [0, 0.1) is 5.92 Å². The van der Waals surface area contributed by atoms with E-state index in [-0.39, 0.29) is 5.50 Å². The first kappa shape index (κ1) is 10.7. The molecular weight excluding hydrogens is 160 g/mol. The van der Waals surface area contributed by atoms with Crippen molar-refractivity contribution in [2.45, 2.75) is 32.7 Å². The fraction of sp³-hybridized carbons (Fsp3) is 0.875. The molecule has 11 heavy (non-hydrogen) atoms. The summed E-state index contributed by atoms with van der Waals surface area (Å²) in [6.07, 6.45) is 0.883. The predicted octanol–water partition coefficient (Wildman–Crippen LogP) is 2.79. The number of rotatable bonds is 4. The van der Waals surface area contributed by atoms with Crippen molar-refractivity contribution in [2.24, 2.45) is 15.9 Å². The van der Waals surface area contributed by atoms with E-state index in [9.17, 15) is 0 Å². The van der Waals surface area contributed by atoms with E-state index in [1.807, 2.05) is 6.92 Å². The summed E-state index contributed by atoms with van der Waals surface area (Å²) in [6.45, 7) is 6.88. The Kier molecular flexibility index (Phi) is 6.19.